The largest absolute Gasteiger partial charge is 0.493 e. The maximum absolute atomic E-state index is 14.2. The van der Waals surface area contributed by atoms with Crippen molar-refractivity contribution in [3.8, 4) is 35.0 Å². The van der Waals surface area contributed by atoms with Gasteiger partial charge >= 0.3 is 36.5 Å². The Labute approximate surface area is 589 Å². The summed E-state index contributed by atoms with van der Waals surface area (Å²) in [6, 6.07) is 12.8. The van der Waals surface area contributed by atoms with Gasteiger partial charge in [-0.2, -0.15) is 59.4 Å². The molecule has 0 amide bonds. The van der Waals surface area contributed by atoms with Gasteiger partial charge in [0.25, 0.3) is 21.7 Å². The van der Waals surface area contributed by atoms with Crippen molar-refractivity contribution in [3.05, 3.63) is 145 Å². The third-order valence-electron chi connectivity index (χ3n) is 13.9. The van der Waals surface area contributed by atoms with Gasteiger partial charge in [-0.05, 0) is 107 Å². The maximum atomic E-state index is 14.2. The van der Waals surface area contributed by atoms with Crippen LogP contribution >= 0.6 is 34.8 Å². The minimum atomic E-state index is -4.98. The van der Waals surface area contributed by atoms with Crippen LogP contribution in [0.5, 0.6) is 29.3 Å². The van der Waals surface area contributed by atoms with Crippen LogP contribution in [0.25, 0.3) is 22.4 Å². The molecule has 9 rings (SSSR count). The van der Waals surface area contributed by atoms with Crippen molar-refractivity contribution in [2.45, 2.75) is 107 Å². The number of hydrogen-bond donors (Lipinski definition) is 2. The van der Waals surface area contributed by atoms with Crippen molar-refractivity contribution in [2.24, 2.45) is 7.05 Å². The summed E-state index contributed by atoms with van der Waals surface area (Å²) >= 11 is 18.0. The van der Waals surface area contributed by atoms with Gasteiger partial charge in [0, 0.05) is 48.1 Å². The number of nitrogens with one attached hydrogen (secondary N) is 1. The average molecular weight is 1540 g/mol. The first kappa shape index (κ1) is 81.4. The molecule has 0 aliphatic rings. The molecule has 41 heteroatoms. The highest BCUT2D eigenvalue weighted by Crippen LogP contribution is 2.39. The van der Waals surface area contributed by atoms with Gasteiger partial charge in [0.2, 0.25) is 29.3 Å². The normalized spacial score (nSPS) is 12.3. The van der Waals surface area contributed by atoms with E-state index in [2.05, 4.69) is 42.2 Å². The van der Waals surface area contributed by atoms with E-state index in [0.717, 1.165) is 71.8 Å². The number of esters is 2. The summed E-state index contributed by atoms with van der Waals surface area (Å²) < 4.78 is 203. The van der Waals surface area contributed by atoms with E-state index in [1.807, 2.05) is 23.8 Å². The first-order valence-electron chi connectivity index (χ1n) is 29.5. The number of carbonyl (C=O) groups is 3. The molecule has 0 spiro atoms. The number of aromatic hydroxyl groups is 1. The zero-order valence-corrected chi connectivity index (χ0v) is 59.0. The molecule has 0 fully saturated rings. The smallest absolute Gasteiger partial charge is 0.418 e. The fraction of sp³-hybridized carbons (Fsp3) is 0.361. The Balaban J connectivity index is 0.000000215. The number of rotatable bonds is 23. The van der Waals surface area contributed by atoms with Gasteiger partial charge in [-0.25, -0.2) is 49.8 Å². The molecule has 0 saturated heterocycles. The van der Waals surface area contributed by atoms with E-state index in [9.17, 15) is 80.6 Å². The number of aryl methyl sites for hydroxylation is 3. The van der Waals surface area contributed by atoms with Crippen molar-refractivity contribution in [3.63, 3.8) is 0 Å². The summed E-state index contributed by atoms with van der Waals surface area (Å²) in [5.74, 6) is -4.40. The molecule has 0 bridgehead atoms. The number of sulfone groups is 1. The van der Waals surface area contributed by atoms with Crippen LogP contribution in [0.15, 0.2) is 93.7 Å². The number of aromatic nitrogens is 11. The predicted octanol–water partition coefficient (Wildman–Crippen LogP) is 11.5. The second-order valence-electron chi connectivity index (χ2n) is 21.2. The lowest BCUT2D eigenvalue weighted by Gasteiger charge is -2.15. The van der Waals surface area contributed by atoms with Crippen LogP contribution < -0.4 is 29.4 Å². The lowest BCUT2D eigenvalue weighted by molar-refractivity contribution is -0.151. The number of fused-ring (bicyclic) bond motifs is 2. The van der Waals surface area contributed by atoms with Crippen LogP contribution in [0.2, 0.25) is 10.0 Å². The number of carbonyl (C=O) groups excluding carboxylic acids is 3. The summed E-state index contributed by atoms with van der Waals surface area (Å²) in [4.78, 5) is 61.8. The fourth-order valence-electron chi connectivity index (χ4n) is 9.21. The van der Waals surface area contributed by atoms with Gasteiger partial charge in [0.05, 0.1) is 66.8 Å². The molecule has 0 aliphatic heterocycles. The van der Waals surface area contributed by atoms with Crippen LogP contribution in [-0.4, -0.2) is 146 Å². The molecule has 9 aromatic rings. The summed E-state index contributed by atoms with van der Waals surface area (Å²) in [5.41, 5.74) is -3.97. The first-order chi connectivity index (χ1) is 47.7. The summed E-state index contributed by atoms with van der Waals surface area (Å²) in [7, 11) is -3.96. The molecule has 2 N–H and O–H groups in total. The minimum absolute atomic E-state index is 0.0424. The lowest BCUT2D eigenvalue weighted by atomic mass is 10.0. The number of alkyl halides is 9. The zero-order valence-electron chi connectivity index (χ0n) is 55.1. The van der Waals surface area contributed by atoms with Crippen LogP contribution in [0.1, 0.15) is 97.1 Å². The van der Waals surface area contributed by atoms with Gasteiger partial charge in [-0.15, -0.1) is 21.8 Å². The first-order valence-corrected chi connectivity index (χ1v) is 34.1. The van der Waals surface area contributed by atoms with Crippen LogP contribution in [0.3, 0.4) is 0 Å². The molecule has 0 saturated carbocycles. The molecule has 6 heterocycles. The van der Waals surface area contributed by atoms with E-state index >= 15 is 0 Å². The van der Waals surface area contributed by atoms with Gasteiger partial charge in [-0.3, -0.25) is 14.6 Å². The highest BCUT2D eigenvalue weighted by atomic mass is 35.5. The Kier molecular flexibility index (Phi) is 27.5. The van der Waals surface area contributed by atoms with Crippen molar-refractivity contribution < 1.29 is 104 Å². The monoisotopic (exact) mass is 1540 g/mol. The lowest BCUT2D eigenvalue weighted by Crippen LogP contribution is -2.25. The summed E-state index contributed by atoms with van der Waals surface area (Å²) in [6.07, 6.45) is -2.53. The van der Waals surface area contributed by atoms with Gasteiger partial charge in [0.15, 0.2) is 27.2 Å². The number of anilines is 1. The molecule has 0 aliphatic carbocycles. The second-order valence-corrected chi connectivity index (χ2v) is 26.2. The van der Waals surface area contributed by atoms with E-state index in [1.165, 1.54) is 41.2 Å². The second kappa shape index (κ2) is 34.4. The Hall–Kier alpha value is -9.53. The van der Waals surface area contributed by atoms with Gasteiger partial charge in [-0.1, -0.05) is 43.0 Å². The molecule has 102 heavy (non-hydrogen) atoms. The van der Waals surface area contributed by atoms with E-state index in [-0.39, 0.29) is 87.2 Å². The number of hydrogen-bond acceptors (Lipinski definition) is 22. The fourth-order valence-corrected chi connectivity index (χ4v) is 12.1. The highest BCUT2D eigenvalue weighted by molar-refractivity contribution is 7.93. The summed E-state index contributed by atoms with van der Waals surface area (Å²) in [5, 5.41) is 21.5. The third kappa shape index (κ3) is 20.2. The van der Waals surface area contributed by atoms with E-state index in [1.54, 1.807) is 25.3 Å². The Morgan fingerprint density at radius 3 is 2.10 bits per heavy atom. The molecule has 27 nitrogen and oxygen atoms in total. The number of sulfonamides is 1. The van der Waals surface area contributed by atoms with Crippen LogP contribution in [0.4, 0.5) is 45.5 Å². The summed E-state index contributed by atoms with van der Waals surface area (Å²) in [6.45, 7) is 5.14. The van der Waals surface area contributed by atoms with Gasteiger partial charge in [0.1, 0.15) is 33.7 Å². The molecule has 6 aromatic heterocycles. The molecule has 2 unspecified atom stereocenters. The number of ketones is 1. The van der Waals surface area contributed by atoms with Crippen molar-refractivity contribution >= 4 is 95.0 Å². The molecule has 3 aromatic carbocycles. The molecule has 552 valence electrons. The van der Waals surface area contributed by atoms with Crippen LogP contribution in [-0.2, 0) is 64.7 Å². The molecule has 2 atom stereocenters. The van der Waals surface area contributed by atoms with Crippen molar-refractivity contribution in [2.75, 3.05) is 45.5 Å². The minimum Gasteiger partial charge on any atom is -0.493 e. The van der Waals surface area contributed by atoms with E-state index < -0.39 is 112 Å². The Morgan fingerprint density at radius 1 is 0.824 bits per heavy atom. The predicted molar refractivity (Wildman–Crippen MR) is 349 cm³/mol. The van der Waals surface area contributed by atoms with Crippen molar-refractivity contribution in [1.29, 1.82) is 0 Å². The SMILES string of the molecule is CCCCCC(C)OC(=O)COc1ccc(Cl)c2cccnc12.CCOC(=O)C(Cl)Cc1cc(-n2nc(C)n(C(F)F)c2=O)c(F)cc1Cl.COc1cc(OC)n2nc(NS(=O)(=O)c3c(C(F)(F)F)ccnc3OC)nc2n1.Cc1nn(C)c(O)c1C(=O)c1ccc(C(F)(F)F)cc1S(C)(=O)=O. The standard InChI is InChI=1S/C18H22ClNO3.C15H14Cl2F3N3O3.C14H13F3N6O5S.C14H13F3N2O4S/c1-3-4-5-7-13(2)23-17(21)12-22-16-10-9-15(19)14-8-6-11-20-18(14)16;1-3-26-13(24)10(17)4-8-5-12(11(18)6-9(8)16)23-15(25)22(14(19)20)7(2)21-23;1-26-8-6-9(27-2)23-13(19-8)20-12(21-23)22-29(24,25)10-7(14(15,16)17)4-5-18-11(10)28-3;1-7-11(13(21)19(2)18-7)12(20)9-5-4-8(14(15,16)17)6-10(9)24(3,22)23/h6,8-11,13H,3-5,7,12H2,1-2H3;5-6,10,14H,3-4H2,1-2H3;4-6H,1-3H3,(H,21,22);4-6,21H,1-3H3. The number of pyridine rings is 2. The number of benzene rings is 3. The number of methoxy groups -OCH3 is 3. The number of halogens is 12. The van der Waals surface area contributed by atoms with Crippen molar-refractivity contribution in [1.82, 2.24) is 53.7 Å². The molecular formula is C61H62Cl3F9N12O15S2. The van der Waals surface area contributed by atoms with Crippen LogP contribution in [0, 0.1) is 19.7 Å². The molecule has 0 radical (unpaired) electrons. The third-order valence-corrected chi connectivity index (χ3v) is 17.5. The number of nitrogens with zero attached hydrogens (tertiary/aromatic N) is 11. The quantitative estimate of drug-likeness (QED) is 0.0197. The number of ether oxygens (including phenoxy) is 6. The Bertz CT molecular complexity index is 4830. The topological polar surface area (TPSA) is 334 Å². The average Bonchev–Trinajstić information content (AvgIpc) is 1.42. The van der Waals surface area contributed by atoms with E-state index in [4.69, 9.17) is 63.2 Å². The highest BCUT2D eigenvalue weighted by Gasteiger charge is 2.41. The number of unbranched alkanes of at least 4 members (excludes halogenated alkanes) is 2. The van der Waals surface area contributed by atoms with E-state index in [0.29, 0.717) is 45.4 Å². The maximum Gasteiger partial charge on any atom is 0.418 e. The van der Waals surface area contributed by atoms with Gasteiger partial charge < -0.3 is 33.5 Å². The molecular weight excluding hydrogens is 1480 g/mol. The Morgan fingerprint density at radius 2 is 1.52 bits per heavy atom. The zero-order chi connectivity index (χ0) is 76.1.